The monoisotopic (exact) mass is 204 g/mol. The molecule has 2 rings (SSSR count). The summed E-state index contributed by atoms with van der Waals surface area (Å²) < 4.78 is 0. The van der Waals surface area contributed by atoms with Crippen LogP contribution < -0.4 is 5.01 Å². The zero-order valence-corrected chi connectivity index (χ0v) is 8.42. The smallest absolute Gasteiger partial charge is 0.348 e. The fourth-order valence-electron chi connectivity index (χ4n) is 1.84. The Morgan fingerprint density at radius 1 is 1.60 bits per heavy atom. The summed E-state index contributed by atoms with van der Waals surface area (Å²) in [6, 6.07) is 8.13. The van der Waals surface area contributed by atoms with E-state index in [1.807, 2.05) is 31.2 Å². The second-order valence-electron chi connectivity index (χ2n) is 3.61. The lowest BCUT2D eigenvalue weighted by Gasteiger charge is -2.17. The Morgan fingerprint density at radius 3 is 3.07 bits per heavy atom. The molecule has 1 N–H and O–H groups in total. The van der Waals surface area contributed by atoms with Crippen molar-refractivity contribution in [2.75, 3.05) is 5.01 Å². The minimum Gasteiger partial charge on any atom is -0.477 e. The van der Waals surface area contributed by atoms with Crippen molar-refractivity contribution in [3.63, 3.8) is 0 Å². The summed E-state index contributed by atoms with van der Waals surface area (Å²) in [6.45, 7) is 2.03. The van der Waals surface area contributed by atoms with Gasteiger partial charge >= 0.3 is 5.97 Å². The molecule has 1 heterocycles. The van der Waals surface area contributed by atoms with Gasteiger partial charge in [0.25, 0.3) is 0 Å². The average molecular weight is 204 g/mol. The first-order valence-corrected chi connectivity index (χ1v) is 4.82. The number of carboxylic acid groups (broad SMARTS) is 1. The number of hydrazone groups is 1. The maximum Gasteiger partial charge on any atom is 0.348 e. The van der Waals surface area contributed by atoms with Gasteiger partial charge in [0, 0.05) is 0 Å². The number of anilines is 1. The molecule has 0 radical (unpaired) electrons. The highest BCUT2D eigenvalue weighted by atomic mass is 16.4. The number of fused-ring (bicyclic) bond motifs is 1. The van der Waals surface area contributed by atoms with Crippen molar-refractivity contribution >= 4 is 17.9 Å². The van der Waals surface area contributed by atoms with Crippen LogP contribution in [0.15, 0.2) is 29.4 Å². The highest BCUT2D eigenvalue weighted by Crippen LogP contribution is 2.31. The van der Waals surface area contributed by atoms with Crippen molar-refractivity contribution in [3.8, 4) is 0 Å². The van der Waals surface area contributed by atoms with Crippen molar-refractivity contribution in [1.29, 1.82) is 0 Å². The van der Waals surface area contributed by atoms with E-state index in [2.05, 4.69) is 5.10 Å². The molecular formula is C11H12N2O2. The van der Waals surface area contributed by atoms with Crippen LogP contribution in [0.4, 0.5) is 5.69 Å². The lowest BCUT2D eigenvalue weighted by atomic mass is 10.1. The van der Waals surface area contributed by atoms with Crippen LogP contribution in [0, 0.1) is 0 Å². The Labute approximate surface area is 87.8 Å². The molecule has 1 atom stereocenters. The third-order valence-corrected chi connectivity index (χ3v) is 2.46. The molecule has 4 heteroatoms. The minimum absolute atomic E-state index is 0.220. The van der Waals surface area contributed by atoms with Crippen LogP contribution in [0.1, 0.15) is 12.5 Å². The molecule has 1 aliphatic heterocycles. The van der Waals surface area contributed by atoms with Crippen molar-refractivity contribution in [2.45, 2.75) is 19.4 Å². The van der Waals surface area contributed by atoms with E-state index in [4.69, 9.17) is 5.11 Å². The zero-order chi connectivity index (χ0) is 10.8. The van der Waals surface area contributed by atoms with E-state index < -0.39 is 5.97 Å². The van der Waals surface area contributed by atoms with E-state index >= 15 is 0 Å². The van der Waals surface area contributed by atoms with Gasteiger partial charge in [0.05, 0.1) is 11.7 Å². The van der Waals surface area contributed by atoms with Gasteiger partial charge in [-0.25, -0.2) is 4.79 Å². The third kappa shape index (κ3) is 1.83. The van der Waals surface area contributed by atoms with Gasteiger partial charge in [0.1, 0.15) is 6.21 Å². The first-order valence-electron chi connectivity index (χ1n) is 4.82. The standard InChI is InChI=1S/C11H12N2O2/c1-8-6-9-4-2-3-5-10(9)13(8)12-7-11(14)15/h2-5,7-8H,6H2,1H3,(H,14,15)/b12-7+. The van der Waals surface area contributed by atoms with E-state index in [0.717, 1.165) is 18.3 Å². The summed E-state index contributed by atoms with van der Waals surface area (Å²) in [5.41, 5.74) is 2.22. The predicted molar refractivity (Wildman–Crippen MR) is 58.2 cm³/mol. The van der Waals surface area contributed by atoms with Gasteiger partial charge in [-0.1, -0.05) is 18.2 Å². The normalized spacial score (nSPS) is 19.5. The lowest BCUT2D eigenvalue weighted by molar-refractivity contribution is -0.128. The van der Waals surface area contributed by atoms with Gasteiger partial charge in [-0.05, 0) is 25.0 Å². The van der Waals surface area contributed by atoms with E-state index in [9.17, 15) is 4.79 Å². The van der Waals surface area contributed by atoms with Crippen molar-refractivity contribution in [2.24, 2.45) is 5.10 Å². The predicted octanol–water partition coefficient (Wildman–Crippen LogP) is 1.51. The van der Waals surface area contributed by atoms with Crippen molar-refractivity contribution in [3.05, 3.63) is 29.8 Å². The number of benzene rings is 1. The number of rotatable bonds is 2. The second-order valence-corrected chi connectivity index (χ2v) is 3.61. The number of carbonyl (C=O) groups is 1. The number of carboxylic acids is 1. The number of aliphatic carboxylic acids is 1. The first-order chi connectivity index (χ1) is 7.18. The van der Waals surface area contributed by atoms with Gasteiger partial charge in [-0.2, -0.15) is 5.10 Å². The SMILES string of the molecule is CC1Cc2ccccc2N1/N=C/C(=O)O. The van der Waals surface area contributed by atoms with Crippen molar-refractivity contribution < 1.29 is 9.90 Å². The van der Waals surface area contributed by atoms with Crippen LogP contribution in [0.25, 0.3) is 0 Å². The number of hydrogen-bond acceptors (Lipinski definition) is 3. The highest BCUT2D eigenvalue weighted by molar-refractivity contribution is 6.22. The lowest BCUT2D eigenvalue weighted by Crippen LogP contribution is -2.24. The van der Waals surface area contributed by atoms with Gasteiger partial charge in [0.2, 0.25) is 0 Å². The minimum atomic E-state index is -1.02. The first kappa shape index (κ1) is 9.71. The molecule has 1 aromatic carbocycles. The quantitative estimate of drug-likeness (QED) is 0.743. The summed E-state index contributed by atoms with van der Waals surface area (Å²) >= 11 is 0. The van der Waals surface area contributed by atoms with Crippen molar-refractivity contribution in [1.82, 2.24) is 0 Å². The van der Waals surface area contributed by atoms with Crippen LogP contribution in [-0.2, 0) is 11.2 Å². The largest absolute Gasteiger partial charge is 0.477 e. The van der Waals surface area contributed by atoms with E-state index in [1.54, 1.807) is 5.01 Å². The summed E-state index contributed by atoms with van der Waals surface area (Å²) in [4.78, 5) is 10.4. The summed E-state index contributed by atoms with van der Waals surface area (Å²) in [5.74, 6) is -1.02. The molecule has 1 unspecified atom stereocenters. The third-order valence-electron chi connectivity index (χ3n) is 2.46. The van der Waals surface area contributed by atoms with Crippen LogP contribution in [0.2, 0.25) is 0 Å². The van der Waals surface area contributed by atoms with E-state index in [0.29, 0.717) is 0 Å². The highest BCUT2D eigenvalue weighted by Gasteiger charge is 2.24. The molecule has 0 saturated carbocycles. The number of nitrogens with zero attached hydrogens (tertiary/aromatic N) is 2. The van der Waals surface area contributed by atoms with Gasteiger partial charge in [-0.3, -0.25) is 5.01 Å². The van der Waals surface area contributed by atoms with Crippen LogP contribution in [0.3, 0.4) is 0 Å². The molecule has 15 heavy (non-hydrogen) atoms. The molecule has 0 bridgehead atoms. The Kier molecular flexibility index (Phi) is 2.41. The molecule has 0 saturated heterocycles. The molecule has 0 aromatic heterocycles. The number of hydrogen-bond donors (Lipinski definition) is 1. The summed E-state index contributed by atoms with van der Waals surface area (Å²) in [6.07, 6.45) is 1.84. The molecule has 0 aliphatic carbocycles. The van der Waals surface area contributed by atoms with Gasteiger partial charge in [-0.15, -0.1) is 0 Å². The zero-order valence-electron chi connectivity index (χ0n) is 8.42. The maximum atomic E-state index is 10.4. The molecule has 1 aliphatic rings. The van der Waals surface area contributed by atoms with Crippen LogP contribution in [0.5, 0.6) is 0 Å². The van der Waals surface area contributed by atoms with Gasteiger partial charge < -0.3 is 5.11 Å². The average Bonchev–Trinajstić information content (AvgIpc) is 2.50. The molecule has 4 nitrogen and oxygen atoms in total. The molecule has 78 valence electrons. The molecule has 0 amide bonds. The topological polar surface area (TPSA) is 52.9 Å². The summed E-state index contributed by atoms with van der Waals surface area (Å²) in [5, 5.41) is 14.2. The summed E-state index contributed by atoms with van der Waals surface area (Å²) in [7, 11) is 0. The Balaban J connectivity index is 2.30. The fourth-order valence-corrected chi connectivity index (χ4v) is 1.84. The Morgan fingerprint density at radius 2 is 2.33 bits per heavy atom. The van der Waals surface area contributed by atoms with Gasteiger partial charge in [0.15, 0.2) is 0 Å². The second kappa shape index (κ2) is 3.73. The number of para-hydroxylation sites is 1. The van der Waals surface area contributed by atoms with E-state index in [-0.39, 0.29) is 6.04 Å². The molecular weight excluding hydrogens is 192 g/mol. The Hall–Kier alpha value is -1.84. The Bertz CT molecular complexity index is 415. The maximum absolute atomic E-state index is 10.4. The van der Waals surface area contributed by atoms with Crippen LogP contribution in [-0.4, -0.2) is 23.3 Å². The molecule has 1 aromatic rings. The molecule has 0 spiro atoms. The van der Waals surface area contributed by atoms with E-state index in [1.165, 1.54) is 5.56 Å². The van der Waals surface area contributed by atoms with Crippen LogP contribution >= 0.6 is 0 Å². The molecule has 0 fully saturated rings. The fraction of sp³-hybridized carbons (Fsp3) is 0.273.